The minimum atomic E-state index is -0.206. The standard InChI is InChI=1S/C14H12BrN5O/c1-9(21)17-14-16-7-11-12(15)19-20(13(11)18-14)8-10-5-3-2-4-6-10/h2-7H,8H2,1H3,(H,16,17,18,21). The van der Waals surface area contributed by atoms with Gasteiger partial charge < -0.3 is 0 Å². The van der Waals surface area contributed by atoms with Crippen LogP contribution >= 0.6 is 15.9 Å². The Morgan fingerprint density at radius 3 is 2.81 bits per heavy atom. The lowest BCUT2D eigenvalue weighted by Gasteiger charge is -2.04. The minimum absolute atomic E-state index is 0.206. The summed E-state index contributed by atoms with van der Waals surface area (Å²) in [6, 6.07) is 9.98. The predicted molar refractivity (Wildman–Crippen MR) is 82.9 cm³/mol. The highest BCUT2D eigenvalue weighted by atomic mass is 79.9. The molecular formula is C14H12BrN5O. The Balaban J connectivity index is 2.03. The van der Waals surface area contributed by atoms with Gasteiger partial charge in [0.05, 0.1) is 11.9 Å². The van der Waals surface area contributed by atoms with E-state index in [1.54, 1.807) is 10.9 Å². The van der Waals surface area contributed by atoms with Gasteiger partial charge in [-0.25, -0.2) is 9.67 Å². The minimum Gasteiger partial charge on any atom is -0.295 e. The summed E-state index contributed by atoms with van der Waals surface area (Å²) in [7, 11) is 0. The largest absolute Gasteiger partial charge is 0.295 e. The molecule has 0 aliphatic heterocycles. The van der Waals surface area contributed by atoms with Gasteiger partial charge in [-0.2, -0.15) is 10.1 Å². The molecule has 1 amide bonds. The van der Waals surface area contributed by atoms with E-state index in [-0.39, 0.29) is 11.9 Å². The lowest BCUT2D eigenvalue weighted by Crippen LogP contribution is -2.10. The molecule has 0 saturated carbocycles. The highest BCUT2D eigenvalue weighted by molar-refractivity contribution is 9.10. The SMILES string of the molecule is CC(=O)Nc1ncc2c(Br)nn(Cc3ccccc3)c2n1. The molecular weight excluding hydrogens is 334 g/mol. The Hall–Kier alpha value is -2.28. The van der Waals surface area contributed by atoms with E-state index in [4.69, 9.17) is 0 Å². The van der Waals surface area contributed by atoms with Gasteiger partial charge in [0.2, 0.25) is 11.9 Å². The molecule has 6 nitrogen and oxygen atoms in total. The molecule has 0 aliphatic rings. The fourth-order valence-electron chi connectivity index (χ4n) is 2.01. The topological polar surface area (TPSA) is 72.7 Å². The van der Waals surface area contributed by atoms with Crippen molar-refractivity contribution in [3.63, 3.8) is 0 Å². The molecule has 106 valence electrons. The van der Waals surface area contributed by atoms with Crippen molar-refractivity contribution in [2.24, 2.45) is 0 Å². The molecule has 1 N–H and O–H groups in total. The zero-order chi connectivity index (χ0) is 14.8. The molecule has 21 heavy (non-hydrogen) atoms. The number of fused-ring (bicyclic) bond motifs is 1. The van der Waals surface area contributed by atoms with Crippen LogP contribution in [-0.4, -0.2) is 25.7 Å². The van der Waals surface area contributed by atoms with Gasteiger partial charge in [0.15, 0.2) is 5.65 Å². The van der Waals surface area contributed by atoms with Gasteiger partial charge in [0.25, 0.3) is 0 Å². The van der Waals surface area contributed by atoms with Crippen molar-refractivity contribution in [2.45, 2.75) is 13.5 Å². The Morgan fingerprint density at radius 2 is 2.10 bits per heavy atom. The second-order valence-corrected chi connectivity index (χ2v) is 5.30. The van der Waals surface area contributed by atoms with Crippen LogP contribution in [0.2, 0.25) is 0 Å². The number of benzene rings is 1. The number of nitrogens with zero attached hydrogens (tertiary/aromatic N) is 4. The normalized spacial score (nSPS) is 10.8. The molecule has 0 radical (unpaired) electrons. The highest BCUT2D eigenvalue weighted by Crippen LogP contribution is 2.22. The van der Waals surface area contributed by atoms with E-state index in [9.17, 15) is 4.79 Å². The molecule has 0 fully saturated rings. The molecule has 2 heterocycles. The van der Waals surface area contributed by atoms with Crippen LogP contribution in [0.3, 0.4) is 0 Å². The van der Waals surface area contributed by atoms with Crippen LogP contribution in [0.15, 0.2) is 41.1 Å². The number of aromatic nitrogens is 4. The third-order valence-electron chi connectivity index (χ3n) is 2.91. The van der Waals surface area contributed by atoms with Gasteiger partial charge >= 0.3 is 0 Å². The molecule has 1 aromatic carbocycles. The van der Waals surface area contributed by atoms with Crippen molar-refractivity contribution < 1.29 is 4.79 Å². The third kappa shape index (κ3) is 2.92. The summed E-state index contributed by atoms with van der Waals surface area (Å²) < 4.78 is 2.46. The Kier molecular flexibility index (Phi) is 3.66. The van der Waals surface area contributed by atoms with E-state index < -0.39 is 0 Å². The number of halogens is 1. The van der Waals surface area contributed by atoms with E-state index >= 15 is 0 Å². The van der Waals surface area contributed by atoms with Crippen molar-refractivity contribution in [1.29, 1.82) is 0 Å². The molecule has 0 saturated heterocycles. The number of hydrogen-bond acceptors (Lipinski definition) is 4. The summed E-state index contributed by atoms with van der Waals surface area (Å²) in [5, 5.41) is 7.81. The molecule has 7 heteroatoms. The predicted octanol–water partition coefficient (Wildman–Crippen LogP) is 2.60. The molecule has 3 rings (SSSR count). The van der Waals surface area contributed by atoms with Crippen LogP contribution in [0.4, 0.5) is 5.95 Å². The molecule has 0 unspecified atom stereocenters. The van der Waals surface area contributed by atoms with Crippen LogP contribution in [0.1, 0.15) is 12.5 Å². The molecule has 2 aromatic heterocycles. The van der Waals surface area contributed by atoms with Gasteiger partial charge in [0.1, 0.15) is 4.60 Å². The summed E-state index contributed by atoms with van der Waals surface area (Å²) in [6.07, 6.45) is 1.65. The van der Waals surface area contributed by atoms with Gasteiger partial charge in [0, 0.05) is 13.1 Å². The summed E-state index contributed by atoms with van der Waals surface area (Å²) in [4.78, 5) is 19.6. The lowest BCUT2D eigenvalue weighted by molar-refractivity contribution is -0.114. The summed E-state index contributed by atoms with van der Waals surface area (Å²) in [5.74, 6) is 0.0688. The summed E-state index contributed by atoms with van der Waals surface area (Å²) in [5.41, 5.74) is 1.79. The molecule has 0 aliphatic carbocycles. The number of amides is 1. The van der Waals surface area contributed by atoms with E-state index in [1.165, 1.54) is 6.92 Å². The number of nitrogens with one attached hydrogen (secondary N) is 1. The van der Waals surface area contributed by atoms with Crippen LogP contribution in [0.5, 0.6) is 0 Å². The van der Waals surface area contributed by atoms with Crippen molar-refractivity contribution in [3.8, 4) is 0 Å². The number of carbonyl (C=O) groups excluding carboxylic acids is 1. The van der Waals surface area contributed by atoms with Crippen LogP contribution in [-0.2, 0) is 11.3 Å². The van der Waals surface area contributed by atoms with E-state index in [1.807, 2.05) is 30.3 Å². The lowest BCUT2D eigenvalue weighted by atomic mass is 10.2. The second kappa shape index (κ2) is 5.61. The number of anilines is 1. The van der Waals surface area contributed by atoms with Crippen molar-refractivity contribution in [2.75, 3.05) is 5.32 Å². The van der Waals surface area contributed by atoms with Crippen molar-refractivity contribution in [3.05, 3.63) is 46.7 Å². The van der Waals surface area contributed by atoms with Crippen molar-refractivity contribution in [1.82, 2.24) is 19.7 Å². The number of hydrogen-bond donors (Lipinski definition) is 1. The van der Waals surface area contributed by atoms with E-state index in [2.05, 4.69) is 36.3 Å². The quantitative estimate of drug-likeness (QED) is 0.791. The van der Waals surface area contributed by atoms with Gasteiger partial charge in [-0.05, 0) is 21.5 Å². The average Bonchev–Trinajstić information content (AvgIpc) is 2.75. The Bertz CT molecular complexity index is 800. The fourth-order valence-corrected chi connectivity index (χ4v) is 2.48. The fraction of sp³-hybridized carbons (Fsp3) is 0.143. The number of rotatable bonds is 3. The van der Waals surface area contributed by atoms with Crippen LogP contribution in [0, 0.1) is 0 Å². The molecule has 3 aromatic rings. The second-order valence-electron chi connectivity index (χ2n) is 4.55. The van der Waals surface area contributed by atoms with Gasteiger partial charge in [-0.1, -0.05) is 30.3 Å². The number of carbonyl (C=O) groups is 1. The first-order chi connectivity index (χ1) is 10.1. The average molecular weight is 346 g/mol. The molecule has 0 spiro atoms. The zero-order valence-corrected chi connectivity index (χ0v) is 12.8. The van der Waals surface area contributed by atoms with Gasteiger partial charge in [-0.15, -0.1) is 0 Å². The maximum atomic E-state index is 11.1. The first kappa shape index (κ1) is 13.7. The zero-order valence-electron chi connectivity index (χ0n) is 11.2. The van der Waals surface area contributed by atoms with E-state index in [0.29, 0.717) is 16.8 Å². The van der Waals surface area contributed by atoms with Crippen LogP contribution < -0.4 is 5.32 Å². The maximum absolute atomic E-state index is 11.1. The van der Waals surface area contributed by atoms with Gasteiger partial charge in [-0.3, -0.25) is 10.1 Å². The summed E-state index contributed by atoms with van der Waals surface area (Å²) >= 11 is 3.41. The third-order valence-corrected chi connectivity index (χ3v) is 3.49. The first-order valence-electron chi connectivity index (χ1n) is 6.34. The monoisotopic (exact) mass is 345 g/mol. The maximum Gasteiger partial charge on any atom is 0.231 e. The Morgan fingerprint density at radius 1 is 1.33 bits per heavy atom. The molecule has 0 atom stereocenters. The molecule has 0 bridgehead atoms. The first-order valence-corrected chi connectivity index (χ1v) is 7.13. The smallest absolute Gasteiger partial charge is 0.231 e. The highest BCUT2D eigenvalue weighted by Gasteiger charge is 2.12. The van der Waals surface area contributed by atoms with Crippen LogP contribution in [0.25, 0.3) is 11.0 Å². The summed E-state index contributed by atoms with van der Waals surface area (Å²) in [6.45, 7) is 2.02. The van der Waals surface area contributed by atoms with Crippen molar-refractivity contribution >= 4 is 38.8 Å². The Labute approximate surface area is 129 Å². The van der Waals surface area contributed by atoms with E-state index in [0.717, 1.165) is 10.9 Å².